The van der Waals surface area contributed by atoms with Crippen LogP contribution in [0.1, 0.15) is 18.9 Å². The van der Waals surface area contributed by atoms with Crippen molar-refractivity contribution in [3.05, 3.63) is 102 Å². The van der Waals surface area contributed by atoms with Crippen molar-refractivity contribution >= 4 is 50.0 Å². The number of allylic oxidation sites excluding steroid dienone is 4. The summed E-state index contributed by atoms with van der Waals surface area (Å²) in [5.41, 5.74) is 2.16. The Morgan fingerprint density at radius 1 is 0.935 bits per heavy atom. The summed E-state index contributed by atoms with van der Waals surface area (Å²) < 4.78 is 3.67. The molecule has 4 aromatic rings. The van der Waals surface area contributed by atoms with Crippen LogP contribution < -0.4 is 9.47 Å². The van der Waals surface area contributed by atoms with Crippen molar-refractivity contribution in [2.75, 3.05) is 4.90 Å². The van der Waals surface area contributed by atoms with Crippen LogP contribution in [0, 0.1) is 0 Å². The Bertz CT molecular complexity index is 1300. The first-order chi connectivity index (χ1) is 15.2. The third-order valence-corrected chi connectivity index (χ3v) is 6.23. The van der Waals surface area contributed by atoms with Crippen LogP contribution >= 0.6 is 11.3 Å². The van der Waals surface area contributed by atoms with Crippen LogP contribution in [0.3, 0.4) is 0 Å². The van der Waals surface area contributed by atoms with E-state index >= 15 is 0 Å². The van der Waals surface area contributed by atoms with Crippen LogP contribution in [-0.4, -0.2) is 5.91 Å². The number of thiazole rings is 1. The van der Waals surface area contributed by atoms with Gasteiger partial charge < -0.3 is 0 Å². The van der Waals surface area contributed by atoms with Crippen molar-refractivity contribution in [1.29, 1.82) is 0 Å². The van der Waals surface area contributed by atoms with Gasteiger partial charge in [-0.3, -0.25) is 9.69 Å². The van der Waals surface area contributed by atoms with Crippen LogP contribution in [0.4, 0.5) is 5.69 Å². The molecule has 0 aliphatic carbocycles. The molecule has 0 aliphatic heterocycles. The van der Waals surface area contributed by atoms with E-state index in [1.165, 1.54) is 26.0 Å². The number of benzene rings is 3. The summed E-state index contributed by atoms with van der Waals surface area (Å²) in [6.07, 6.45) is 11.8. The number of fused-ring (bicyclic) bond motifs is 3. The lowest BCUT2D eigenvalue weighted by atomic mass is 10.1. The maximum Gasteiger partial charge on any atom is 0.262 e. The zero-order chi connectivity index (χ0) is 21.6. The average Bonchev–Trinajstić information content (AvgIpc) is 3.16. The number of anilines is 1. The number of carbonyl (C=O) groups excluding carboxylic acids is 1. The fourth-order valence-corrected chi connectivity index (χ4v) is 4.83. The van der Waals surface area contributed by atoms with E-state index in [2.05, 4.69) is 54.0 Å². The van der Waals surface area contributed by atoms with Gasteiger partial charge in [-0.2, -0.15) is 4.57 Å². The van der Waals surface area contributed by atoms with Crippen molar-refractivity contribution < 1.29 is 9.36 Å². The predicted octanol–water partition coefficient (Wildman–Crippen LogP) is 6.50. The number of carbonyl (C=O) groups is 1. The number of nitrogens with zero attached hydrogens (tertiary/aromatic N) is 2. The molecule has 0 radical (unpaired) electrons. The smallest absolute Gasteiger partial charge is 0.262 e. The van der Waals surface area contributed by atoms with Crippen LogP contribution in [0.5, 0.6) is 0 Å². The monoisotopic (exact) mass is 425 g/mol. The molecule has 3 nitrogen and oxygen atoms in total. The highest BCUT2D eigenvalue weighted by Crippen LogP contribution is 2.28. The van der Waals surface area contributed by atoms with Gasteiger partial charge in [0.05, 0.1) is 5.39 Å². The van der Waals surface area contributed by atoms with Gasteiger partial charge in [-0.25, -0.2) is 0 Å². The van der Waals surface area contributed by atoms with E-state index in [9.17, 15) is 4.79 Å². The van der Waals surface area contributed by atoms with Crippen molar-refractivity contribution in [2.24, 2.45) is 0 Å². The predicted molar refractivity (Wildman–Crippen MR) is 132 cm³/mol. The molecular weight excluding hydrogens is 400 g/mol. The van der Waals surface area contributed by atoms with E-state index in [1.54, 1.807) is 29.4 Å². The molecule has 0 bridgehead atoms. The SMILES string of the molecule is CC[n+]1c(/C=C/C=C/C=C/N(C(C)=O)c2ccccc2)sc2ccc3ccccc3c21. The molecule has 1 amide bonds. The van der Waals surface area contributed by atoms with Gasteiger partial charge >= 0.3 is 0 Å². The summed E-state index contributed by atoms with van der Waals surface area (Å²) >= 11 is 1.80. The molecule has 31 heavy (non-hydrogen) atoms. The summed E-state index contributed by atoms with van der Waals surface area (Å²) in [6.45, 7) is 4.67. The summed E-state index contributed by atoms with van der Waals surface area (Å²) in [5.74, 6) is -0.0205. The molecule has 3 aromatic carbocycles. The maximum atomic E-state index is 11.9. The van der Waals surface area contributed by atoms with Gasteiger partial charge in [0.2, 0.25) is 11.4 Å². The molecule has 154 valence electrons. The Hall–Kier alpha value is -3.50. The molecular formula is C27H25N2OS+. The Kier molecular flexibility index (Phi) is 6.39. The Morgan fingerprint density at radius 2 is 1.68 bits per heavy atom. The average molecular weight is 426 g/mol. The van der Waals surface area contributed by atoms with E-state index in [-0.39, 0.29) is 5.91 Å². The van der Waals surface area contributed by atoms with Crippen LogP contribution in [0.25, 0.3) is 27.1 Å². The number of rotatable bonds is 6. The lowest BCUT2D eigenvalue weighted by Crippen LogP contribution is -2.33. The minimum Gasteiger partial charge on any atom is -0.288 e. The minimum atomic E-state index is -0.0205. The van der Waals surface area contributed by atoms with Gasteiger partial charge in [-0.1, -0.05) is 72.0 Å². The lowest BCUT2D eigenvalue weighted by Gasteiger charge is -2.15. The quantitative estimate of drug-likeness (QED) is 0.256. The van der Waals surface area contributed by atoms with Gasteiger partial charge in [-0.15, -0.1) is 0 Å². The molecule has 0 aliphatic rings. The zero-order valence-electron chi connectivity index (χ0n) is 17.7. The number of para-hydroxylation sites is 1. The van der Waals surface area contributed by atoms with E-state index < -0.39 is 0 Å². The maximum absolute atomic E-state index is 11.9. The second-order valence-corrected chi connectivity index (χ2v) is 8.19. The highest BCUT2D eigenvalue weighted by molar-refractivity contribution is 7.19. The van der Waals surface area contributed by atoms with Gasteiger partial charge in [0.15, 0.2) is 0 Å². The lowest BCUT2D eigenvalue weighted by molar-refractivity contribution is -0.664. The van der Waals surface area contributed by atoms with E-state index in [0.29, 0.717) is 0 Å². The van der Waals surface area contributed by atoms with Gasteiger partial charge in [0.25, 0.3) is 5.01 Å². The molecule has 4 rings (SSSR count). The second-order valence-electron chi connectivity index (χ2n) is 7.13. The second kappa shape index (κ2) is 9.54. The fraction of sp³-hybridized carbons (Fsp3) is 0.111. The van der Waals surface area contributed by atoms with Crippen LogP contribution in [-0.2, 0) is 11.3 Å². The summed E-state index contributed by atoms with van der Waals surface area (Å²) in [7, 11) is 0. The number of hydrogen-bond acceptors (Lipinski definition) is 2. The Morgan fingerprint density at radius 3 is 2.45 bits per heavy atom. The van der Waals surface area contributed by atoms with Crippen molar-refractivity contribution in [1.82, 2.24) is 0 Å². The normalized spacial score (nSPS) is 12.1. The molecule has 0 atom stereocenters. The minimum absolute atomic E-state index is 0.0205. The molecule has 0 fully saturated rings. The molecule has 1 heterocycles. The zero-order valence-corrected chi connectivity index (χ0v) is 18.5. The van der Waals surface area contributed by atoms with Crippen molar-refractivity contribution in [3.63, 3.8) is 0 Å². The first kappa shape index (κ1) is 20.8. The van der Waals surface area contributed by atoms with E-state index in [4.69, 9.17) is 0 Å². The number of aromatic nitrogens is 1. The third-order valence-electron chi connectivity index (χ3n) is 5.11. The van der Waals surface area contributed by atoms with Gasteiger partial charge in [-0.05, 0) is 42.7 Å². The topological polar surface area (TPSA) is 24.2 Å². The molecule has 0 saturated heterocycles. The van der Waals surface area contributed by atoms with Crippen LogP contribution in [0.15, 0.2) is 97.2 Å². The molecule has 0 saturated carbocycles. The Balaban J connectivity index is 1.55. The van der Waals surface area contributed by atoms with Gasteiger partial charge in [0, 0.05) is 24.9 Å². The van der Waals surface area contributed by atoms with E-state index in [1.807, 2.05) is 54.6 Å². The number of hydrogen-bond donors (Lipinski definition) is 0. The summed E-state index contributed by atoms with van der Waals surface area (Å²) in [4.78, 5) is 13.6. The fourth-order valence-electron chi connectivity index (χ4n) is 3.68. The van der Waals surface area contributed by atoms with Crippen molar-refractivity contribution in [2.45, 2.75) is 20.4 Å². The summed E-state index contributed by atoms with van der Waals surface area (Å²) in [5, 5.41) is 3.78. The third kappa shape index (κ3) is 4.49. The first-order valence-electron chi connectivity index (χ1n) is 10.4. The molecule has 0 unspecified atom stereocenters. The standard InChI is InChI=1S/C27H25N2OS/c1-3-28-26(31-25-19-18-22-13-10-11-16-24(22)27(25)28)17-9-4-5-12-20-29(21(2)30)23-14-7-6-8-15-23/h4-20H,3H2,1-2H3/q+1. The molecule has 4 heteroatoms. The van der Waals surface area contributed by atoms with E-state index in [0.717, 1.165) is 12.2 Å². The first-order valence-corrected chi connectivity index (χ1v) is 11.2. The number of aryl methyl sites for hydroxylation is 1. The highest BCUT2D eigenvalue weighted by Gasteiger charge is 2.19. The molecule has 0 spiro atoms. The largest absolute Gasteiger partial charge is 0.288 e. The highest BCUT2D eigenvalue weighted by atomic mass is 32.1. The number of amides is 1. The van der Waals surface area contributed by atoms with Crippen LogP contribution in [0.2, 0.25) is 0 Å². The molecule has 1 aromatic heterocycles. The van der Waals surface area contributed by atoms with Gasteiger partial charge in [0.1, 0.15) is 11.2 Å². The summed E-state index contributed by atoms with van der Waals surface area (Å²) in [6, 6.07) is 22.6. The Labute approximate surface area is 186 Å². The van der Waals surface area contributed by atoms with Crippen molar-refractivity contribution in [3.8, 4) is 0 Å². The molecule has 0 N–H and O–H groups in total.